The normalized spacial score (nSPS) is 10.9. The lowest BCUT2D eigenvalue weighted by Gasteiger charge is -2.21. The number of amides is 1. The third kappa shape index (κ3) is 5.22. The zero-order valence-corrected chi connectivity index (χ0v) is 18.2. The maximum atomic E-state index is 12.4. The lowest BCUT2D eigenvalue weighted by Crippen LogP contribution is -2.24. The number of rotatable bonds is 8. The highest BCUT2D eigenvalue weighted by atomic mass is 32.1. The van der Waals surface area contributed by atoms with Gasteiger partial charge in [0, 0.05) is 25.4 Å². The molecule has 0 fully saturated rings. The average Bonchev–Trinajstić information content (AvgIpc) is 3.16. The number of nitrogens with zero attached hydrogens (tertiary/aromatic N) is 3. The first-order valence-electron chi connectivity index (χ1n) is 9.66. The SMILES string of the molecule is CCc1ccccc1N(C(C)=O)c1nc(CN(C)Cc2ccc(OC)cc2)cs1. The lowest BCUT2D eigenvalue weighted by atomic mass is 10.1. The molecule has 0 saturated carbocycles. The van der Waals surface area contributed by atoms with Crippen LogP contribution >= 0.6 is 11.3 Å². The number of aromatic nitrogens is 1. The summed E-state index contributed by atoms with van der Waals surface area (Å²) in [5, 5.41) is 2.75. The Balaban J connectivity index is 1.73. The van der Waals surface area contributed by atoms with Gasteiger partial charge in [-0.2, -0.15) is 0 Å². The minimum Gasteiger partial charge on any atom is -0.497 e. The Morgan fingerprint density at radius 3 is 2.48 bits per heavy atom. The number of carbonyl (C=O) groups is 1. The second-order valence-corrected chi connectivity index (χ2v) is 7.82. The second-order valence-electron chi connectivity index (χ2n) is 6.98. The minimum absolute atomic E-state index is 0.0293. The number of ether oxygens (including phenoxy) is 1. The summed E-state index contributed by atoms with van der Waals surface area (Å²) in [6, 6.07) is 16.1. The van der Waals surface area contributed by atoms with E-state index in [4.69, 9.17) is 9.72 Å². The van der Waals surface area contributed by atoms with Gasteiger partial charge in [0.1, 0.15) is 5.75 Å². The van der Waals surface area contributed by atoms with Crippen molar-refractivity contribution in [3.63, 3.8) is 0 Å². The van der Waals surface area contributed by atoms with Gasteiger partial charge in [0.15, 0.2) is 5.13 Å². The van der Waals surface area contributed by atoms with E-state index >= 15 is 0 Å². The summed E-state index contributed by atoms with van der Waals surface area (Å²) in [6.45, 7) is 5.21. The van der Waals surface area contributed by atoms with E-state index in [1.807, 2.05) is 35.7 Å². The van der Waals surface area contributed by atoms with Crippen LogP contribution < -0.4 is 9.64 Å². The highest BCUT2D eigenvalue weighted by Gasteiger charge is 2.20. The van der Waals surface area contributed by atoms with Gasteiger partial charge in [-0.3, -0.25) is 14.6 Å². The van der Waals surface area contributed by atoms with E-state index in [0.717, 1.165) is 35.7 Å². The predicted molar refractivity (Wildman–Crippen MR) is 119 cm³/mol. The van der Waals surface area contributed by atoms with Gasteiger partial charge in [-0.1, -0.05) is 37.3 Å². The molecule has 0 aliphatic rings. The van der Waals surface area contributed by atoms with E-state index < -0.39 is 0 Å². The number of anilines is 2. The van der Waals surface area contributed by atoms with Gasteiger partial charge in [0.25, 0.3) is 0 Å². The fourth-order valence-corrected chi connectivity index (χ4v) is 4.15. The zero-order chi connectivity index (χ0) is 20.8. The van der Waals surface area contributed by atoms with E-state index in [0.29, 0.717) is 11.7 Å². The monoisotopic (exact) mass is 409 g/mol. The molecule has 0 aliphatic carbocycles. The molecule has 0 bridgehead atoms. The Kier molecular flexibility index (Phi) is 7.01. The van der Waals surface area contributed by atoms with Gasteiger partial charge < -0.3 is 4.74 Å². The van der Waals surface area contributed by atoms with Crippen LogP contribution in [0.4, 0.5) is 10.8 Å². The molecule has 2 aromatic carbocycles. The van der Waals surface area contributed by atoms with Crippen LogP contribution in [0.25, 0.3) is 0 Å². The van der Waals surface area contributed by atoms with Crippen molar-refractivity contribution in [3.05, 3.63) is 70.7 Å². The van der Waals surface area contributed by atoms with Crippen LogP contribution in [-0.2, 0) is 24.3 Å². The molecule has 0 saturated heterocycles. The van der Waals surface area contributed by atoms with E-state index in [2.05, 4.69) is 37.1 Å². The summed E-state index contributed by atoms with van der Waals surface area (Å²) in [5.41, 5.74) is 4.22. The molecule has 0 aliphatic heterocycles. The van der Waals surface area contributed by atoms with Crippen LogP contribution in [0.1, 0.15) is 30.7 Å². The third-order valence-electron chi connectivity index (χ3n) is 4.70. The fourth-order valence-electron chi connectivity index (χ4n) is 3.28. The standard InChI is InChI=1S/C23H27N3O2S/c1-5-19-8-6-7-9-22(19)26(17(2)27)23-24-20(16-29-23)15-25(3)14-18-10-12-21(28-4)13-11-18/h6-13,16H,5,14-15H2,1-4H3. The molecular formula is C23H27N3O2S. The van der Waals surface area contributed by atoms with Crippen LogP contribution in [0.3, 0.4) is 0 Å². The zero-order valence-electron chi connectivity index (χ0n) is 17.4. The molecule has 1 aromatic heterocycles. The van der Waals surface area contributed by atoms with Crippen molar-refractivity contribution < 1.29 is 9.53 Å². The summed E-state index contributed by atoms with van der Waals surface area (Å²) in [5.74, 6) is 0.829. The first-order chi connectivity index (χ1) is 14.0. The molecule has 3 aromatic rings. The minimum atomic E-state index is -0.0293. The quantitative estimate of drug-likeness (QED) is 0.523. The Hall–Kier alpha value is -2.70. The number of hydrogen-bond donors (Lipinski definition) is 0. The second kappa shape index (κ2) is 9.67. The number of thiazole rings is 1. The maximum Gasteiger partial charge on any atom is 0.230 e. The molecule has 152 valence electrons. The third-order valence-corrected chi connectivity index (χ3v) is 5.58. The number of carbonyl (C=O) groups excluding carboxylic acids is 1. The van der Waals surface area contributed by atoms with E-state index in [1.165, 1.54) is 16.9 Å². The van der Waals surface area contributed by atoms with Crippen LogP contribution in [0, 0.1) is 0 Å². The summed E-state index contributed by atoms with van der Waals surface area (Å²) in [4.78, 5) is 21.1. The molecule has 6 heteroatoms. The first-order valence-corrected chi connectivity index (χ1v) is 10.5. The fraction of sp³-hybridized carbons (Fsp3) is 0.304. The van der Waals surface area contributed by atoms with E-state index in [-0.39, 0.29) is 5.91 Å². The van der Waals surface area contributed by atoms with Gasteiger partial charge in [-0.15, -0.1) is 11.3 Å². The highest BCUT2D eigenvalue weighted by molar-refractivity contribution is 7.14. The molecule has 0 N–H and O–H groups in total. The summed E-state index contributed by atoms with van der Waals surface area (Å²) < 4.78 is 5.21. The van der Waals surface area contributed by atoms with E-state index in [1.54, 1.807) is 18.9 Å². The number of hydrogen-bond acceptors (Lipinski definition) is 5. The van der Waals surface area contributed by atoms with Crippen LogP contribution in [0.5, 0.6) is 5.75 Å². The average molecular weight is 410 g/mol. The Bertz CT molecular complexity index is 953. The van der Waals surface area contributed by atoms with Gasteiger partial charge in [0.2, 0.25) is 5.91 Å². The molecule has 0 spiro atoms. The maximum absolute atomic E-state index is 12.4. The molecule has 5 nitrogen and oxygen atoms in total. The Morgan fingerprint density at radius 2 is 1.83 bits per heavy atom. The number of para-hydroxylation sites is 1. The number of aryl methyl sites for hydroxylation is 1. The van der Waals surface area contributed by atoms with Gasteiger partial charge in [-0.25, -0.2) is 4.98 Å². The van der Waals surface area contributed by atoms with Crippen molar-refractivity contribution in [2.75, 3.05) is 19.1 Å². The van der Waals surface area contributed by atoms with Crippen LogP contribution in [0.2, 0.25) is 0 Å². The first kappa shape index (κ1) is 21.0. The van der Waals surface area contributed by atoms with Gasteiger partial charge in [0.05, 0.1) is 18.5 Å². The van der Waals surface area contributed by atoms with Crippen molar-refractivity contribution in [1.82, 2.24) is 9.88 Å². The molecule has 3 rings (SSSR count). The van der Waals surface area contributed by atoms with Crippen molar-refractivity contribution in [1.29, 1.82) is 0 Å². The van der Waals surface area contributed by atoms with Crippen LogP contribution in [0.15, 0.2) is 53.9 Å². The number of methoxy groups -OCH3 is 1. The number of benzene rings is 2. The largest absolute Gasteiger partial charge is 0.497 e. The van der Waals surface area contributed by atoms with Crippen molar-refractivity contribution in [2.24, 2.45) is 0 Å². The molecule has 0 unspecified atom stereocenters. The summed E-state index contributed by atoms with van der Waals surface area (Å²) >= 11 is 1.50. The topological polar surface area (TPSA) is 45.7 Å². The molecular weight excluding hydrogens is 382 g/mol. The van der Waals surface area contributed by atoms with Gasteiger partial charge >= 0.3 is 0 Å². The summed E-state index contributed by atoms with van der Waals surface area (Å²) in [6.07, 6.45) is 0.864. The predicted octanol–water partition coefficient (Wildman–Crippen LogP) is 5.03. The van der Waals surface area contributed by atoms with Crippen molar-refractivity contribution in [2.45, 2.75) is 33.4 Å². The smallest absolute Gasteiger partial charge is 0.230 e. The van der Waals surface area contributed by atoms with E-state index in [9.17, 15) is 4.79 Å². The molecule has 0 atom stereocenters. The molecule has 1 heterocycles. The van der Waals surface area contributed by atoms with Crippen LogP contribution in [-0.4, -0.2) is 29.9 Å². The lowest BCUT2D eigenvalue weighted by molar-refractivity contribution is -0.115. The van der Waals surface area contributed by atoms with Crippen molar-refractivity contribution in [3.8, 4) is 5.75 Å². The summed E-state index contributed by atoms with van der Waals surface area (Å²) in [7, 11) is 3.74. The molecule has 1 amide bonds. The highest BCUT2D eigenvalue weighted by Crippen LogP contribution is 2.32. The Labute approximate surface area is 176 Å². The molecule has 0 radical (unpaired) electrons. The van der Waals surface area contributed by atoms with Gasteiger partial charge in [-0.05, 0) is 42.8 Å². The molecule has 29 heavy (non-hydrogen) atoms. The Morgan fingerprint density at radius 1 is 1.10 bits per heavy atom. The van der Waals surface area contributed by atoms with Crippen molar-refractivity contribution >= 4 is 28.1 Å².